The van der Waals surface area contributed by atoms with Gasteiger partial charge in [-0.15, -0.1) is 0 Å². The first-order valence-electron chi connectivity index (χ1n) is 6.30. The predicted octanol–water partition coefficient (Wildman–Crippen LogP) is 0.748. The molecule has 6 heteroatoms. The fourth-order valence-corrected chi connectivity index (χ4v) is 3.04. The molecule has 112 valence electrons. The Morgan fingerprint density at radius 3 is 2.43 bits per heavy atom. The van der Waals surface area contributed by atoms with Crippen molar-refractivity contribution in [3.63, 3.8) is 0 Å². The molecule has 21 heavy (non-hydrogen) atoms. The number of esters is 2. The summed E-state index contributed by atoms with van der Waals surface area (Å²) in [6.45, 7) is 5.10. The fraction of sp³-hybridized carbons (Fsp3) is 0.333. The van der Waals surface area contributed by atoms with E-state index in [1.807, 2.05) is 13.0 Å². The Morgan fingerprint density at radius 2 is 1.86 bits per heavy atom. The van der Waals surface area contributed by atoms with Crippen molar-refractivity contribution in [2.24, 2.45) is 0 Å². The summed E-state index contributed by atoms with van der Waals surface area (Å²) in [4.78, 5) is 24.0. The maximum absolute atomic E-state index is 12.0. The minimum atomic E-state index is -1.28. The molecular formula is C15H16O6. The number of aliphatic hydroxyl groups excluding tert-OH is 1. The molecule has 0 aromatic heterocycles. The third-order valence-corrected chi connectivity index (χ3v) is 3.93. The van der Waals surface area contributed by atoms with Crippen LogP contribution < -0.4 is 0 Å². The highest BCUT2D eigenvalue weighted by molar-refractivity contribution is 6.01. The van der Waals surface area contributed by atoms with E-state index in [4.69, 9.17) is 9.47 Å². The smallest absolute Gasteiger partial charge is 0.341 e. The van der Waals surface area contributed by atoms with Gasteiger partial charge in [-0.25, -0.2) is 9.59 Å². The highest BCUT2D eigenvalue weighted by atomic mass is 16.6. The van der Waals surface area contributed by atoms with E-state index in [1.54, 1.807) is 26.0 Å². The third-order valence-electron chi connectivity index (χ3n) is 3.93. The summed E-state index contributed by atoms with van der Waals surface area (Å²) in [6, 6.07) is 5.29. The molecular weight excluding hydrogens is 276 g/mol. The maximum Gasteiger partial charge on any atom is 0.341 e. The first-order valence-corrected chi connectivity index (χ1v) is 6.30. The Morgan fingerprint density at radius 1 is 1.19 bits per heavy atom. The Kier molecular flexibility index (Phi) is 3.39. The topological polar surface area (TPSA) is 104 Å². The lowest BCUT2D eigenvalue weighted by Gasteiger charge is -2.25. The summed E-state index contributed by atoms with van der Waals surface area (Å²) in [5, 5.41) is 9.66. The Bertz CT molecular complexity index is 675. The average Bonchev–Trinajstić information content (AvgIpc) is 2.77. The van der Waals surface area contributed by atoms with Crippen molar-refractivity contribution in [1.82, 2.24) is 0 Å². The number of benzene rings is 1. The van der Waals surface area contributed by atoms with E-state index in [9.17, 15) is 14.7 Å². The summed E-state index contributed by atoms with van der Waals surface area (Å²) >= 11 is 0. The molecule has 0 bridgehead atoms. The number of rotatable bonds is 1. The second-order valence-corrected chi connectivity index (χ2v) is 5.24. The van der Waals surface area contributed by atoms with Crippen molar-refractivity contribution < 1.29 is 29.6 Å². The standard InChI is InChI=1S/C15H14O5.H2O/c1-7-5-4-6-9-10(7)15(3,20-13(9)17)11-8(2)12(16)19-14(11)18;/h4-6,12,16H,1-3H3;1H2/t12-,15-;/m1./s1. The van der Waals surface area contributed by atoms with Crippen LogP contribution in [0.3, 0.4) is 0 Å². The van der Waals surface area contributed by atoms with Crippen LogP contribution in [0.5, 0.6) is 0 Å². The van der Waals surface area contributed by atoms with Crippen LogP contribution in [0.4, 0.5) is 0 Å². The average molecular weight is 292 g/mol. The Labute approximate surface area is 121 Å². The summed E-state index contributed by atoms with van der Waals surface area (Å²) in [5.41, 5.74) is 1.32. The molecule has 0 radical (unpaired) electrons. The zero-order valence-electron chi connectivity index (χ0n) is 11.9. The van der Waals surface area contributed by atoms with Crippen molar-refractivity contribution in [3.05, 3.63) is 46.0 Å². The molecule has 0 amide bonds. The molecule has 0 unspecified atom stereocenters. The van der Waals surface area contributed by atoms with Crippen LogP contribution in [0.2, 0.25) is 0 Å². The number of cyclic esters (lactones) is 2. The molecule has 0 saturated carbocycles. The number of carbonyl (C=O) groups is 2. The van der Waals surface area contributed by atoms with Crippen molar-refractivity contribution in [1.29, 1.82) is 0 Å². The Hall–Kier alpha value is -2.18. The highest BCUT2D eigenvalue weighted by Crippen LogP contribution is 2.46. The van der Waals surface area contributed by atoms with Crippen LogP contribution in [-0.4, -0.2) is 28.8 Å². The first kappa shape index (κ1) is 15.2. The van der Waals surface area contributed by atoms with Crippen molar-refractivity contribution in [2.45, 2.75) is 32.7 Å². The van der Waals surface area contributed by atoms with Crippen molar-refractivity contribution in [3.8, 4) is 0 Å². The van der Waals surface area contributed by atoms with Gasteiger partial charge in [0.1, 0.15) is 0 Å². The van der Waals surface area contributed by atoms with Crippen molar-refractivity contribution >= 4 is 11.9 Å². The van der Waals surface area contributed by atoms with Crippen LogP contribution in [-0.2, 0) is 19.9 Å². The summed E-state index contributed by atoms with van der Waals surface area (Å²) < 4.78 is 10.3. The molecule has 2 aliphatic rings. The number of hydrogen-bond acceptors (Lipinski definition) is 5. The van der Waals surface area contributed by atoms with Crippen molar-refractivity contribution in [2.75, 3.05) is 0 Å². The third kappa shape index (κ3) is 1.87. The molecule has 0 aliphatic carbocycles. The number of aryl methyl sites for hydroxylation is 1. The van der Waals surface area contributed by atoms with Crippen LogP contribution in [0.15, 0.2) is 29.3 Å². The van der Waals surface area contributed by atoms with Gasteiger partial charge in [-0.05, 0) is 32.4 Å². The lowest BCUT2D eigenvalue weighted by Crippen LogP contribution is -2.29. The lowest BCUT2D eigenvalue weighted by molar-refractivity contribution is -0.153. The summed E-state index contributed by atoms with van der Waals surface area (Å²) in [7, 11) is 0. The van der Waals surface area contributed by atoms with Crippen LogP contribution in [0.25, 0.3) is 0 Å². The van der Waals surface area contributed by atoms with Gasteiger partial charge in [0, 0.05) is 11.1 Å². The van der Waals surface area contributed by atoms with Crippen LogP contribution in [0, 0.1) is 6.92 Å². The molecule has 2 heterocycles. The number of ether oxygens (including phenoxy) is 2. The molecule has 0 spiro atoms. The largest absolute Gasteiger partial charge is 0.446 e. The summed E-state index contributed by atoms with van der Waals surface area (Å²) in [6.07, 6.45) is -1.28. The van der Waals surface area contributed by atoms with E-state index in [-0.39, 0.29) is 11.0 Å². The Balaban J connectivity index is 0.00000161. The van der Waals surface area contributed by atoms with E-state index in [0.717, 1.165) is 5.56 Å². The first-order chi connectivity index (χ1) is 9.36. The lowest BCUT2D eigenvalue weighted by atomic mass is 9.82. The molecule has 3 N–H and O–H groups in total. The minimum absolute atomic E-state index is 0. The molecule has 0 saturated heterocycles. The van der Waals surface area contributed by atoms with Gasteiger partial charge < -0.3 is 20.1 Å². The molecule has 6 nitrogen and oxygen atoms in total. The molecule has 1 aromatic rings. The van der Waals surface area contributed by atoms with Crippen LogP contribution in [0.1, 0.15) is 35.3 Å². The van der Waals surface area contributed by atoms with Gasteiger partial charge in [0.25, 0.3) is 0 Å². The second-order valence-electron chi connectivity index (χ2n) is 5.24. The van der Waals surface area contributed by atoms with Gasteiger partial charge in [0.05, 0.1) is 11.1 Å². The monoisotopic (exact) mass is 292 g/mol. The fourth-order valence-electron chi connectivity index (χ4n) is 3.04. The predicted molar refractivity (Wildman–Crippen MR) is 72.4 cm³/mol. The normalized spacial score (nSPS) is 27.1. The molecule has 2 aliphatic heterocycles. The van der Waals surface area contributed by atoms with Gasteiger partial charge in [0.2, 0.25) is 6.29 Å². The number of carbonyl (C=O) groups excluding carboxylic acids is 2. The van der Waals surface area contributed by atoms with E-state index < -0.39 is 23.8 Å². The zero-order valence-corrected chi connectivity index (χ0v) is 11.9. The number of hydrogen-bond donors (Lipinski definition) is 1. The SMILES string of the molecule is CC1=C([C@]2(C)OC(=O)c3cccc(C)c32)C(=O)O[C@H]1O.O. The second kappa shape index (κ2) is 4.68. The molecule has 2 atom stereocenters. The molecule has 0 fully saturated rings. The summed E-state index contributed by atoms with van der Waals surface area (Å²) in [5.74, 6) is -1.12. The number of fused-ring (bicyclic) bond motifs is 1. The van der Waals surface area contributed by atoms with Crippen LogP contribution >= 0.6 is 0 Å². The highest BCUT2D eigenvalue weighted by Gasteiger charge is 2.52. The quantitative estimate of drug-likeness (QED) is 0.769. The van der Waals surface area contributed by atoms with E-state index in [1.165, 1.54) is 0 Å². The van der Waals surface area contributed by atoms with Gasteiger partial charge in [-0.3, -0.25) is 0 Å². The van der Waals surface area contributed by atoms with Gasteiger partial charge in [-0.1, -0.05) is 12.1 Å². The van der Waals surface area contributed by atoms with E-state index in [0.29, 0.717) is 16.7 Å². The van der Waals surface area contributed by atoms with Gasteiger partial charge in [-0.2, -0.15) is 0 Å². The van der Waals surface area contributed by atoms with E-state index in [2.05, 4.69) is 0 Å². The zero-order chi connectivity index (χ0) is 14.7. The van der Waals surface area contributed by atoms with Gasteiger partial charge in [0.15, 0.2) is 5.60 Å². The molecule has 3 rings (SSSR count). The number of aliphatic hydroxyl groups is 1. The maximum atomic E-state index is 12.0. The minimum Gasteiger partial charge on any atom is -0.446 e. The molecule has 1 aromatic carbocycles. The van der Waals surface area contributed by atoms with E-state index >= 15 is 0 Å². The van der Waals surface area contributed by atoms with Gasteiger partial charge >= 0.3 is 11.9 Å².